The molecule has 1 aromatic carbocycles. The number of benzene rings is 1. The fourth-order valence-corrected chi connectivity index (χ4v) is 3.44. The molecule has 0 atom stereocenters. The largest absolute Gasteiger partial charge is 0.359 e. The lowest BCUT2D eigenvalue weighted by atomic mass is 10.1. The molecule has 0 bridgehead atoms. The lowest BCUT2D eigenvalue weighted by Crippen LogP contribution is -2.36. The van der Waals surface area contributed by atoms with Crippen molar-refractivity contribution in [3.8, 4) is 0 Å². The predicted molar refractivity (Wildman–Crippen MR) is 83.5 cm³/mol. The molecule has 1 aromatic rings. The predicted octanol–water partition coefficient (Wildman–Crippen LogP) is 1.35. The van der Waals surface area contributed by atoms with Crippen LogP contribution in [0.2, 0.25) is 0 Å². The van der Waals surface area contributed by atoms with Crippen molar-refractivity contribution in [1.29, 1.82) is 0 Å². The third kappa shape index (κ3) is 4.22. The molecule has 1 saturated heterocycles. The summed E-state index contributed by atoms with van der Waals surface area (Å²) in [5.41, 5.74) is 1.16. The van der Waals surface area contributed by atoms with Crippen LogP contribution in [0.5, 0.6) is 0 Å². The zero-order valence-electron chi connectivity index (χ0n) is 11.6. The molecule has 0 saturated carbocycles. The van der Waals surface area contributed by atoms with Gasteiger partial charge >= 0.3 is 0 Å². The van der Waals surface area contributed by atoms with Crippen LogP contribution in [0.1, 0.15) is 19.4 Å². The second-order valence-corrected chi connectivity index (χ2v) is 7.95. The molecule has 7 heteroatoms. The van der Waals surface area contributed by atoms with Gasteiger partial charge in [-0.05, 0) is 38.0 Å². The van der Waals surface area contributed by atoms with Crippen LogP contribution in [0.4, 0.5) is 0 Å². The molecule has 0 spiro atoms. The maximum atomic E-state index is 11.1. The molecule has 1 heterocycles. The van der Waals surface area contributed by atoms with E-state index in [2.05, 4.69) is 24.2 Å². The first-order chi connectivity index (χ1) is 9.26. The number of hydrogen-bond acceptors (Lipinski definition) is 4. The number of rotatable bonds is 4. The number of sulfonamides is 1. The molecule has 3 N–H and O–H groups in total. The lowest BCUT2D eigenvalue weighted by molar-refractivity contribution is 0.536. The maximum Gasteiger partial charge on any atom is 0.238 e. The number of nitrogens with two attached hydrogens (primary N) is 1. The zero-order chi connectivity index (χ0) is 14.8. The Kier molecular flexibility index (Phi) is 4.41. The zero-order valence-corrected chi connectivity index (χ0v) is 13.2. The van der Waals surface area contributed by atoms with E-state index >= 15 is 0 Å². The second-order valence-electron chi connectivity index (χ2n) is 5.42. The average Bonchev–Trinajstić information content (AvgIpc) is 2.68. The van der Waals surface area contributed by atoms with Gasteiger partial charge in [-0.1, -0.05) is 23.9 Å². The molecule has 0 aromatic heterocycles. The standard InChI is InChI=1S/C13H19N3O2S2/c1-13(2)9-19-12(16-13)15-8-7-10-3-5-11(6-4-10)20(14,17)18/h3-6H,7-9H2,1-2H3,(H,15,16)(H2,14,17,18). The monoisotopic (exact) mass is 313 g/mol. The highest BCUT2D eigenvalue weighted by Crippen LogP contribution is 2.22. The molecule has 1 fully saturated rings. The van der Waals surface area contributed by atoms with E-state index in [4.69, 9.17) is 5.14 Å². The Morgan fingerprint density at radius 3 is 2.50 bits per heavy atom. The fraction of sp³-hybridized carbons (Fsp3) is 0.462. The number of amidine groups is 1. The van der Waals surface area contributed by atoms with Crippen molar-refractivity contribution in [3.63, 3.8) is 0 Å². The third-order valence-electron chi connectivity index (χ3n) is 2.92. The number of hydrogen-bond donors (Lipinski definition) is 2. The van der Waals surface area contributed by atoms with Gasteiger partial charge in [0.15, 0.2) is 5.17 Å². The van der Waals surface area contributed by atoms with Crippen LogP contribution in [0.15, 0.2) is 34.2 Å². The first-order valence-electron chi connectivity index (χ1n) is 6.33. The average molecular weight is 313 g/mol. The maximum absolute atomic E-state index is 11.1. The Balaban J connectivity index is 1.91. The number of thioether (sulfide) groups is 1. The van der Waals surface area contributed by atoms with Crippen LogP contribution in [0.3, 0.4) is 0 Å². The van der Waals surface area contributed by atoms with Crippen LogP contribution in [-0.2, 0) is 16.4 Å². The SMILES string of the molecule is CC1(C)CSC(=NCCc2ccc(S(N)(=O)=O)cc2)N1. The van der Waals surface area contributed by atoms with Gasteiger partial charge in [0.25, 0.3) is 0 Å². The van der Waals surface area contributed by atoms with E-state index in [1.165, 1.54) is 12.1 Å². The fourth-order valence-electron chi connectivity index (χ4n) is 1.83. The van der Waals surface area contributed by atoms with Gasteiger partial charge in [0.05, 0.1) is 4.90 Å². The molecule has 110 valence electrons. The van der Waals surface area contributed by atoms with E-state index in [-0.39, 0.29) is 10.4 Å². The van der Waals surface area contributed by atoms with Crippen molar-refractivity contribution >= 4 is 27.0 Å². The van der Waals surface area contributed by atoms with Crippen LogP contribution in [0, 0.1) is 0 Å². The molecule has 0 unspecified atom stereocenters. The number of nitrogens with zero attached hydrogens (tertiary/aromatic N) is 1. The Bertz CT molecular complexity index is 607. The minimum Gasteiger partial charge on any atom is -0.359 e. The summed E-state index contributed by atoms with van der Waals surface area (Å²) in [7, 11) is -3.61. The van der Waals surface area contributed by atoms with Crippen molar-refractivity contribution < 1.29 is 8.42 Å². The minimum atomic E-state index is -3.61. The summed E-state index contributed by atoms with van der Waals surface area (Å²) in [6.07, 6.45) is 0.775. The van der Waals surface area contributed by atoms with Crippen molar-refractivity contribution in [2.24, 2.45) is 10.1 Å². The Morgan fingerprint density at radius 1 is 1.35 bits per heavy atom. The highest BCUT2D eigenvalue weighted by molar-refractivity contribution is 8.14. The normalized spacial score (nSPS) is 20.1. The van der Waals surface area contributed by atoms with Gasteiger partial charge in [-0.3, -0.25) is 4.99 Å². The highest BCUT2D eigenvalue weighted by Gasteiger charge is 2.26. The summed E-state index contributed by atoms with van der Waals surface area (Å²) in [6, 6.07) is 6.62. The summed E-state index contributed by atoms with van der Waals surface area (Å²) in [5.74, 6) is 1.02. The molecule has 0 amide bonds. The van der Waals surface area contributed by atoms with Crippen molar-refractivity contribution in [1.82, 2.24) is 5.32 Å². The van der Waals surface area contributed by atoms with E-state index in [1.807, 2.05) is 0 Å². The summed E-state index contributed by atoms with van der Waals surface area (Å²) in [5, 5.41) is 9.40. The number of primary sulfonamides is 1. The molecule has 5 nitrogen and oxygen atoms in total. The van der Waals surface area contributed by atoms with Crippen molar-refractivity contribution in [2.45, 2.75) is 30.7 Å². The number of nitrogens with one attached hydrogen (secondary N) is 1. The van der Waals surface area contributed by atoms with Gasteiger partial charge in [-0.25, -0.2) is 13.6 Å². The van der Waals surface area contributed by atoms with E-state index in [0.29, 0.717) is 6.54 Å². The molecule has 0 aliphatic carbocycles. The Hall–Kier alpha value is -1.05. The number of aliphatic imine (C=N–C) groups is 1. The van der Waals surface area contributed by atoms with Gasteiger partial charge < -0.3 is 5.32 Å². The van der Waals surface area contributed by atoms with Crippen molar-refractivity contribution in [3.05, 3.63) is 29.8 Å². The molecule has 1 aliphatic rings. The van der Waals surface area contributed by atoms with E-state index < -0.39 is 10.0 Å². The van der Waals surface area contributed by atoms with Gasteiger partial charge in [0, 0.05) is 17.8 Å². The first-order valence-corrected chi connectivity index (χ1v) is 8.87. The van der Waals surface area contributed by atoms with Gasteiger partial charge in [0.2, 0.25) is 10.0 Å². The highest BCUT2D eigenvalue weighted by atomic mass is 32.2. The van der Waals surface area contributed by atoms with Crippen LogP contribution in [-0.4, -0.2) is 31.4 Å². The topological polar surface area (TPSA) is 84.5 Å². The van der Waals surface area contributed by atoms with E-state index in [1.54, 1.807) is 23.9 Å². The molecule has 0 radical (unpaired) electrons. The summed E-state index contributed by atoms with van der Waals surface area (Å²) >= 11 is 1.73. The summed E-state index contributed by atoms with van der Waals surface area (Å²) < 4.78 is 22.3. The van der Waals surface area contributed by atoms with E-state index in [9.17, 15) is 8.42 Å². The van der Waals surface area contributed by atoms with Crippen LogP contribution in [0.25, 0.3) is 0 Å². The first kappa shape index (κ1) is 15.3. The van der Waals surface area contributed by atoms with Crippen LogP contribution >= 0.6 is 11.8 Å². The summed E-state index contributed by atoms with van der Waals surface area (Å²) in [6.45, 7) is 4.98. The van der Waals surface area contributed by atoms with Gasteiger partial charge in [0.1, 0.15) is 0 Å². The molecular weight excluding hydrogens is 294 g/mol. The van der Waals surface area contributed by atoms with Gasteiger partial charge in [-0.15, -0.1) is 0 Å². The Morgan fingerprint density at radius 2 is 2.00 bits per heavy atom. The third-order valence-corrected chi connectivity index (χ3v) is 5.22. The lowest BCUT2D eigenvalue weighted by Gasteiger charge is -2.15. The summed E-state index contributed by atoms with van der Waals surface area (Å²) in [4.78, 5) is 4.65. The second kappa shape index (κ2) is 5.75. The van der Waals surface area contributed by atoms with Gasteiger partial charge in [-0.2, -0.15) is 0 Å². The van der Waals surface area contributed by atoms with Crippen molar-refractivity contribution in [2.75, 3.05) is 12.3 Å². The molecule has 1 aliphatic heterocycles. The minimum absolute atomic E-state index is 0.112. The van der Waals surface area contributed by atoms with E-state index in [0.717, 1.165) is 22.9 Å². The molecule has 2 rings (SSSR count). The smallest absolute Gasteiger partial charge is 0.238 e. The van der Waals surface area contributed by atoms with Crippen LogP contribution < -0.4 is 10.5 Å². The molecule has 20 heavy (non-hydrogen) atoms. The molecular formula is C13H19N3O2S2. The Labute approximate surface area is 124 Å². The quantitative estimate of drug-likeness (QED) is 0.878.